The summed E-state index contributed by atoms with van der Waals surface area (Å²) in [6.45, 7) is -0.529. The molecule has 1 fully saturated rings. The molecule has 0 radical (unpaired) electrons. The number of ether oxygens (including phenoxy) is 2. The standard InChI is InChI=1S/C14H17NO6/c15-6-9(8-4-2-1-3-5-8)20-13-10(7-16)21-14(19)12(18)11(13)17/h1-5,9-14,16-19H,7H2/t9-,10+,11+,12+,13+,14+/m0/s1. The lowest BCUT2D eigenvalue weighted by Crippen LogP contribution is -2.59. The van der Waals surface area contributed by atoms with Crippen molar-refractivity contribution in [2.75, 3.05) is 6.61 Å². The molecule has 4 N–H and O–H groups in total. The first-order chi connectivity index (χ1) is 10.1. The van der Waals surface area contributed by atoms with Gasteiger partial charge in [0.15, 0.2) is 12.4 Å². The third-order valence-electron chi connectivity index (χ3n) is 3.35. The summed E-state index contributed by atoms with van der Waals surface area (Å²) in [5, 5.41) is 47.4. The first-order valence-electron chi connectivity index (χ1n) is 6.49. The number of rotatable bonds is 4. The quantitative estimate of drug-likeness (QED) is 0.565. The predicted octanol–water partition coefficient (Wildman–Crippen LogP) is -0.932. The van der Waals surface area contributed by atoms with Gasteiger partial charge in [0.05, 0.1) is 12.7 Å². The van der Waals surface area contributed by atoms with E-state index in [0.29, 0.717) is 5.56 Å². The zero-order valence-electron chi connectivity index (χ0n) is 11.1. The van der Waals surface area contributed by atoms with Crippen molar-refractivity contribution >= 4 is 0 Å². The average Bonchev–Trinajstić information content (AvgIpc) is 2.52. The van der Waals surface area contributed by atoms with Gasteiger partial charge in [0, 0.05) is 0 Å². The summed E-state index contributed by atoms with van der Waals surface area (Å²) in [7, 11) is 0. The van der Waals surface area contributed by atoms with E-state index >= 15 is 0 Å². The Morgan fingerprint density at radius 2 is 1.86 bits per heavy atom. The molecule has 0 aliphatic carbocycles. The third-order valence-corrected chi connectivity index (χ3v) is 3.35. The first-order valence-corrected chi connectivity index (χ1v) is 6.49. The smallest absolute Gasteiger partial charge is 0.184 e. The summed E-state index contributed by atoms with van der Waals surface area (Å²) in [5.41, 5.74) is 0.574. The van der Waals surface area contributed by atoms with Crippen LogP contribution in [0.2, 0.25) is 0 Å². The van der Waals surface area contributed by atoms with E-state index in [4.69, 9.17) is 9.47 Å². The molecule has 0 aromatic heterocycles. The Balaban J connectivity index is 2.17. The van der Waals surface area contributed by atoms with Crippen LogP contribution in [0.15, 0.2) is 30.3 Å². The highest BCUT2D eigenvalue weighted by molar-refractivity contribution is 5.22. The molecule has 1 saturated heterocycles. The van der Waals surface area contributed by atoms with Gasteiger partial charge in [0.2, 0.25) is 0 Å². The highest BCUT2D eigenvalue weighted by Gasteiger charge is 2.45. The van der Waals surface area contributed by atoms with Crippen molar-refractivity contribution in [3.05, 3.63) is 35.9 Å². The van der Waals surface area contributed by atoms with Crippen molar-refractivity contribution in [2.45, 2.75) is 36.8 Å². The topological polar surface area (TPSA) is 123 Å². The number of nitriles is 1. The van der Waals surface area contributed by atoms with Gasteiger partial charge in [0.25, 0.3) is 0 Å². The summed E-state index contributed by atoms with van der Waals surface area (Å²) in [6.07, 6.45) is -7.85. The molecule has 0 unspecified atom stereocenters. The zero-order valence-corrected chi connectivity index (χ0v) is 11.1. The van der Waals surface area contributed by atoms with Gasteiger partial charge in [-0.2, -0.15) is 5.26 Å². The number of aliphatic hydroxyl groups excluding tert-OH is 4. The minimum absolute atomic E-state index is 0.529. The van der Waals surface area contributed by atoms with Crippen LogP contribution in [0.3, 0.4) is 0 Å². The van der Waals surface area contributed by atoms with Crippen LogP contribution in [0, 0.1) is 11.3 Å². The Bertz CT molecular complexity index is 488. The van der Waals surface area contributed by atoms with Crippen molar-refractivity contribution in [2.24, 2.45) is 0 Å². The summed E-state index contributed by atoms with van der Waals surface area (Å²) in [6, 6.07) is 10.6. The molecule has 2 rings (SSSR count). The minimum Gasteiger partial charge on any atom is -0.394 e. The number of hydrogen-bond acceptors (Lipinski definition) is 7. The molecular formula is C14H17NO6. The lowest BCUT2D eigenvalue weighted by molar-refractivity contribution is -0.298. The average molecular weight is 295 g/mol. The number of hydrogen-bond donors (Lipinski definition) is 4. The molecule has 0 amide bonds. The normalized spacial score (nSPS) is 34.1. The van der Waals surface area contributed by atoms with Crippen molar-refractivity contribution in [3.8, 4) is 6.07 Å². The van der Waals surface area contributed by atoms with Crippen molar-refractivity contribution in [1.82, 2.24) is 0 Å². The molecule has 6 atom stereocenters. The lowest BCUT2D eigenvalue weighted by Gasteiger charge is -2.40. The van der Waals surface area contributed by atoms with E-state index in [9.17, 15) is 25.7 Å². The Labute approximate surface area is 121 Å². The fourth-order valence-electron chi connectivity index (χ4n) is 2.20. The fourth-order valence-corrected chi connectivity index (χ4v) is 2.20. The zero-order chi connectivity index (χ0) is 15.4. The van der Waals surface area contributed by atoms with Gasteiger partial charge in [-0.15, -0.1) is 0 Å². The van der Waals surface area contributed by atoms with Crippen LogP contribution >= 0.6 is 0 Å². The first kappa shape index (κ1) is 15.9. The Morgan fingerprint density at radius 3 is 2.43 bits per heavy atom. The number of aliphatic hydroxyl groups is 4. The van der Waals surface area contributed by atoms with Gasteiger partial charge in [-0.3, -0.25) is 0 Å². The molecule has 7 nitrogen and oxygen atoms in total. The summed E-state index contributed by atoms with van der Waals surface area (Å²) in [5.74, 6) is 0. The largest absolute Gasteiger partial charge is 0.394 e. The molecule has 1 aromatic carbocycles. The van der Waals surface area contributed by atoms with E-state index < -0.39 is 43.4 Å². The van der Waals surface area contributed by atoms with Crippen molar-refractivity contribution < 1.29 is 29.9 Å². The lowest BCUT2D eigenvalue weighted by atomic mass is 9.98. The van der Waals surface area contributed by atoms with Gasteiger partial charge in [-0.05, 0) is 5.56 Å². The molecular weight excluding hydrogens is 278 g/mol. The fraction of sp³-hybridized carbons (Fsp3) is 0.500. The molecule has 21 heavy (non-hydrogen) atoms. The molecule has 1 aromatic rings. The Hall–Kier alpha value is -1.53. The van der Waals surface area contributed by atoms with Crippen LogP contribution in [0.25, 0.3) is 0 Å². The molecule has 1 aliphatic rings. The van der Waals surface area contributed by atoms with Gasteiger partial charge in [0.1, 0.15) is 24.4 Å². The van der Waals surface area contributed by atoms with E-state index in [1.54, 1.807) is 30.3 Å². The monoisotopic (exact) mass is 295 g/mol. The minimum atomic E-state index is -1.62. The maximum absolute atomic E-state index is 9.97. The van der Waals surface area contributed by atoms with E-state index in [2.05, 4.69) is 0 Å². The predicted molar refractivity (Wildman–Crippen MR) is 69.6 cm³/mol. The summed E-state index contributed by atoms with van der Waals surface area (Å²) < 4.78 is 10.5. The molecule has 0 saturated carbocycles. The molecule has 0 spiro atoms. The van der Waals surface area contributed by atoms with Crippen LogP contribution in [0.5, 0.6) is 0 Å². The Kier molecular flexibility index (Phi) is 5.25. The Morgan fingerprint density at radius 1 is 1.19 bits per heavy atom. The highest BCUT2D eigenvalue weighted by atomic mass is 16.7. The second kappa shape index (κ2) is 6.95. The van der Waals surface area contributed by atoms with E-state index in [1.807, 2.05) is 6.07 Å². The maximum atomic E-state index is 9.97. The van der Waals surface area contributed by atoms with Crippen LogP contribution in [0.4, 0.5) is 0 Å². The van der Waals surface area contributed by atoms with Crippen LogP contribution in [-0.2, 0) is 9.47 Å². The van der Waals surface area contributed by atoms with Gasteiger partial charge in [-0.1, -0.05) is 30.3 Å². The highest BCUT2D eigenvalue weighted by Crippen LogP contribution is 2.27. The maximum Gasteiger partial charge on any atom is 0.184 e. The van der Waals surface area contributed by atoms with Gasteiger partial charge < -0.3 is 29.9 Å². The molecule has 114 valence electrons. The van der Waals surface area contributed by atoms with Crippen molar-refractivity contribution in [1.29, 1.82) is 5.26 Å². The van der Waals surface area contributed by atoms with Crippen molar-refractivity contribution in [3.63, 3.8) is 0 Å². The molecule has 0 bridgehead atoms. The van der Waals surface area contributed by atoms with Crippen LogP contribution < -0.4 is 0 Å². The van der Waals surface area contributed by atoms with E-state index in [0.717, 1.165) is 0 Å². The van der Waals surface area contributed by atoms with Crippen LogP contribution in [0.1, 0.15) is 11.7 Å². The van der Waals surface area contributed by atoms with E-state index in [-0.39, 0.29) is 0 Å². The third kappa shape index (κ3) is 3.39. The second-order valence-electron chi connectivity index (χ2n) is 4.75. The number of benzene rings is 1. The van der Waals surface area contributed by atoms with Gasteiger partial charge >= 0.3 is 0 Å². The number of nitrogens with zero attached hydrogens (tertiary/aromatic N) is 1. The molecule has 1 heterocycles. The second-order valence-corrected chi connectivity index (χ2v) is 4.75. The molecule has 1 aliphatic heterocycles. The molecule has 7 heteroatoms. The summed E-state index contributed by atoms with van der Waals surface area (Å²) in [4.78, 5) is 0. The summed E-state index contributed by atoms with van der Waals surface area (Å²) >= 11 is 0. The van der Waals surface area contributed by atoms with Gasteiger partial charge in [-0.25, -0.2) is 0 Å². The van der Waals surface area contributed by atoms with E-state index in [1.165, 1.54) is 0 Å². The van der Waals surface area contributed by atoms with Crippen LogP contribution in [-0.4, -0.2) is 57.7 Å². The SMILES string of the molecule is N#C[C@H](O[C@H]1[C@H](O)[C@@H](O)[C@H](O)O[C@@H]1CO)c1ccccc1.